The molecule has 0 saturated carbocycles. The maximum atomic E-state index is 8.40. The lowest BCUT2D eigenvalue weighted by Crippen LogP contribution is -3.00. The maximum absolute atomic E-state index is 8.40. The van der Waals surface area contributed by atoms with Crippen molar-refractivity contribution in [2.24, 2.45) is 36.1 Å². The van der Waals surface area contributed by atoms with E-state index in [9.17, 15) is 0 Å². The number of aryl methyl sites for hydroxylation is 2. The molecule has 0 aromatic heterocycles. The molecule has 0 heterocycles. The minimum absolute atomic E-state index is 0. The van der Waals surface area contributed by atoms with Gasteiger partial charge in [0.05, 0.1) is 0 Å². The third-order valence-electron chi connectivity index (χ3n) is 18.6. The van der Waals surface area contributed by atoms with Gasteiger partial charge in [-0.25, -0.2) is 112 Å². The first kappa shape index (κ1) is 126. The molecule has 0 aliphatic carbocycles. The van der Waals surface area contributed by atoms with Crippen LogP contribution in [0.1, 0.15) is 56.4 Å². The average Bonchev–Trinajstić information content (AvgIpc) is 0.725. The van der Waals surface area contributed by atoms with E-state index < -0.39 is 94.4 Å². The molecule has 0 radical (unpaired) electrons. The Morgan fingerprint density at radius 2 is 0.333 bits per heavy atom. The van der Waals surface area contributed by atoms with Crippen LogP contribution >= 0.6 is 75.8 Å². The van der Waals surface area contributed by atoms with Crippen molar-refractivity contribution >= 4 is 94.4 Å². The van der Waals surface area contributed by atoms with Gasteiger partial charge in [-0.2, -0.15) is 0 Å². The van der Waals surface area contributed by atoms with Gasteiger partial charge in [-0.05, 0) is 395 Å². The predicted molar refractivity (Wildman–Crippen MR) is 516 cm³/mol. The SMILES string of the molecule is C.CCCc1ccc(CN(C)P(=N[P+](N=P(N(C)C)(N(C)C)N(C)C)(N=P(N(C)C)(N(C)C)N(C)C)N=P(N(C)C)(N(C)C)N(C)C)(N(C)C)N(C)C)cc1.CCCc1ccc(CN(C)P(=N[P+](N=P(N(C)C)(N(C)C)N(C)C)(N=P(N(C)C)(N(C)C)N(C)C)N=P(N(C)C)(N(C)C)N(C)C)(N(C)C)N(C)C)cc1.O=[Si]=O.O=[Si]=O.[Cl-].[OH-]. The van der Waals surface area contributed by atoms with Gasteiger partial charge in [0.2, 0.25) is 60.1 Å². The maximum Gasteiger partial charge on any atom is 0.549 e. The van der Waals surface area contributed by atoms with Gasteiger partial charge in [-0.15, -0.1) is 0 Å². The predicted octanol–water partition coefficient (Wildman–Crippen LogP) is 11.6. The van der Waals surface area contributed by atoms with Crippen molar-refractivity contribution in [1.82, 2.24) is 112 Å². The molecule has 37 nitrogen and oxygen atoms in total. The molecule has 0 unspecified atom stereocenters. The first-order valence-electron chi connectivity index (χ1n) is 37.5. The van der Waals surface area contributed by atoms with Crippen LogP contribution < -0.4 is 12.4 Å². The fourth-order valence-corrected chi connectivity index (χ4v) is 63.2. The van der Waals surface area contributed by atoms with E-state index in [0.717, 1.165) is 25.7 Å². The molecule has 2 rings (SSSR count). The van der Waals surface area contributed by atoms with Gasteiger partial charge < -0.3 is 17.9 Å². The van der Waals surface area contributed by atoms with Crippen molar-refractivity contribution in [2.75, 3.05) is 324 Å². The smallest absolute Gasteiger partial charge is 0.549 e. The molecule has 0 amide bonds. The highest BCUT2D eigenvalue weighted by molar-refractivity contribution is 7.89. The number of benzene rings is 2. The first-order valence-corrected chi connectivity index (χ1v) is 55.1. The number of nitrogens with zero attached hydrogens (tertiary/aromatic N) is 32. The molecule has 117 heavy (non-hydrogen) atoms. The highest BCUT2D eigenvalue weighted by atomic mass is 35.5. The highest BCUT2D eigenvalue weighted by Crippen LogP contribution is 2.89. The lowest BCUT2D eigenvalue weighted by Gasteiger charge is -2.45. The Morgan fingerprint density at radius 1 is 0.231 bits per heavy atom. The average molecular weight is 1900 g/mol. The molecule has 0 saturated heterocycles. The van der Waals surface area contributed by atoms with E-state index in [-0.39, 0.29) is 25.3 Å². The van der Waals surface area contributed by atoms with Gasteiger partial charge in [0.15, 0.2) is 0 Å². The minimum Gasteiger partial charge on any atom is -1.00 e. The highest BCUT2D eigenvalue weighted by Gasteiger charge is 2.59. The Labute approximate surface area is 728 Å². The third kappa shape index (κ3) is 29.5. The largest absolute Gasteiger partial charge is 1.00 e. The molecule has 0 aliphatic heterocycles. The standard InChI is InChI=1S/2C33H82N16P5.CH4.ClH.2O2Si.H2O/c2*1-25-26-32-27-29-33(30-28-32)31-49(24)54(47(20)21,48(22)23)37-50(34-51(38(2)3,39(4)5)40(6)7,35-52(41(8)9,42(10)11)43(12)13)36-53(44(14)15,45(16)17)46(18)19;;;2*1-3-2;/h2*27-30H,25-26,31H2,1-24H3;1H4;1H;;;1H2/q2*+1;;;;;/p-2. The minimum atomic E-state index is -3.55. The van der Waals surface area contributed by atoms with E-state index in [1.165, 1.54) is 22.3 Å². The van der Waals surface area contributed by atoms with Crippen molar-refractivity contribution in [2.45, 2.75) is 60.0 Å². The van der Waals surface area contributed by atoms with Crippen molar-refractivity contribution in [3.05, 3.63) is 70.8 Å². The topological polar surface area (TPSA) is 275 Å². The lowest BCUT2D eigenvalue weighted by molar-refractivity contribution is -0.0000331. The molecule has 0 fully saturated rings. The molecule has 0 bridgehead atoms. The molecule has 1 N–H and O–H groups in total. The molecular formula is C67H169ClN32O5P10Si2. The molecule has 692 valence electrons. The van der Waals surface area contributed by atoms with E-state index in [2.05, 4.69) is 499 Å². The normalized spacial score (nSPS) is 13.3. The molecular weight excluding hydrogens is 1730 g/mol. The van der Waals surface area contributed by atoms with Crippen molar-refractivity contribution in [3.63, 3.8) is 0 Å². The third-order valence-corrected chi connectivity index (χ3v) is 59.7. The monoisotopic (exact) mass is 1900 g/mol. The second kappa shape index (κ2) is 54.4. The summed E-state index contributed by atoms with van der Waals surface area (Å²) in [5.41, 5.74) is 5.20. The van der Waals surface area contributed by atoms with Crippen molar-refractivity contribution < 1.29 is 35.7 Å². The van der Waals surface area contributed by atoms with Gasteiger partial charge in [-0.3, -0.25) is 17.8 Å². The van der Waals surface area contributed by atoms with Crippen molar-refractivity contribution in [3.8, 4) is 0 Å². The molecule has 0 spiro atoms. The zero-order valence-corrected chi connectivity index (χ0v) is 92.8. The summed E-state index contributed by atoms with van der Waals surface area (Å²) in [5, 5.41) is 0. The van der Waals surface area contributed by atoms with Crippen LogP contribution in [0.3, 0.4) is 0 Å². The summed E-state index contributed by atoms with van der Waals surface area (Å²) in [6.45, 7) is 5.85. The zero-order valence-electron chi connectivity index (χ0n) is 81.1. The van der Waals surface area contributed by atoms with Crippen molar-refractivity contribution in [1.29, 1.82) is 0 Å². The summed E-state index contributed by atoms with van der Waals surface area (Å²) in [4.78, 5) is 0. The molecule has 0 aliphatic rings. The number of hydrogen-bond donors (Lipinski definition) is 0. The van der Waals surface area contributed by atoms with Gasteiger partial charge in [0.25, 0.3) is 0 Å². The molecule has 50 heteroatoms. The van der Waals surface area contributed by atoms with Gasteiger partial charge in [0.1, 0.15) is 0 Å². The van der Waals surface area contributed by atoms with Gasteiger partial charge in [0, 0.05) is 13.1 Å². The quantitative estimate of drug-likeness (QED) is 0.0443. The molecule has 0 atom stereocenters. The van der Waals surface area contributed by atoms with E-state index in [4.69, 9.17) is 54.0 Å². The fraction of sp³-hybridized carbons (Fsp3) is 0.821. The Hall–Kier alpha value is 0.0638. The van der Waals surface area contributed by atoms with Crippen LogP contribution in [0.15, 0.2) is 84.7 Å². The summed E-state index contributed by atoms with van der Waals surface area (Å²) < 4.78 is 138. The van der Waals surface area contributed by atoms with Crippen LogP contribution in [-0.4, -0.2) is 460 Å². The zero-order chi connectivity index (χ0) is 90.1. The van der Waals surface area contributed by atoms with Crippen LogP contribution in [0.25, 0.3) is 0 Å². The summed E-state index contributed by atoms with van der Waals surface area (Å²) in [6, 6.07) is 18.2. The second-order valence-electron chi connectivity index (χ2n) is 31.7. The van der Waals surface area contributed by atoms with E-state index in [1.807, 2.05) is 0 Å². The second-order valence-corrected chi connectivity index (χ2v) is 67.4. The molecule has 2 aromatic carbocycles. The molecule has 2 aromatic rings. The van der Waals surface area contributed by atoms with Crippen LogP contribution in [0.2, 0.25) is 0 Å². The summed E-state index contributed by atoms with van der Waals surface area (Å²) in [5.74, 6) is 0. The van der Waals surface area contributed by atoms with Crippen LogP contribution in [0, 0.1) is 0 Å². The Kier molecular flexibility index (Phi) is 58.4. The van der Waals surface area contributed by atoms with Gasteiger partial charge >= 0.3 is 34.3 Å². The lowest BCUT2D eigenvalue weighted by atomic mass is 10.1. The van der Waals surface area contributed by atoms with Crippen LogP contribution in [0.4, 0.5) is 0 Å². The Bertz CT molecular complexity index is 3160. The van der Waals surface area contributed by atoms with E-state index >= 15 is 0 Å². The number of hydrogen-bond acceptors (Lipinski definition) is 13. The van der Waals surface area contributed by atoms with E-state index in [1.54, 1.807) is 0 Å². The van der Waals surface area contributed by atoms with Crippen LogP contribution in [-0.2, 0) is 43.8 Å². The Morgan fingerprint density at radius 3 is 0.436 bits per heavy atom. The number of halogens is 1. The summed E-state index contributed by atoms with van der Waals surface area (Å²) in [7, 11) is 66.6. The Balaban J connectivity index is -0.000000653. The summed E-state index contributed by atoms with van der Waals surface area (Å²) >= 11 is 0. The van der Waals surface area contributed by atoms with E-state index in [0.29, 0.717) is 13.1 Å². The first-order chi connectivity index (χ1) is 52.1. The summed E-state index contributed by atoms with van der Waals surface area (Å²) in [6.07, 6.45) is 4.40. The fourth-order valence-electron chi connectivity index (χ4n) is 14.7. The number of rotatable bonds is 40. The van der Waals surface area contributed by atoms with Crippen LogP contribution in [0.5, 0.6) is 0 Å². The van der Waals surface area contributed by atoms with Gasteiger partial charge in [-0.1, -0.05) is 82.6 Å².